The molecule has 1 unspecified atom stereocenters. The zero-order valence-corrected chi connectivity index (χ0v) is 22.7. The summed E-state index contributed by atoms with van der Waals surface area (Å²) in [5.74, 6) is -0.730. The summed E-state index contributed by atoms with van der Waals surface area (Å²) in [6.07, 6.45) is 6.09. The Labute approximate surface area is 235 Å². The van der Waals surface area contributed by atoms with Gasteiger partial charge in [0.05, 0.1) is 17.7 Å². The summed E-state index contributed by atoms with van der Waals surface area (Å²) in [4.78, 5) is 36.2. The highest BCUT2D eigenvalue weighted by Crippen LogP contribution is 2.37. The van der Waals surface area contributed by atoms with E-state index >= 15 is 0 Å². The van der Waals surface area contributed by atoms with Crippen LogP contribution in [0.2, 0.25) is 0 Å². The third-order valence-electron chi connectivity index (χ3n) is 7.44. The Bertz CT molecular complexity index is 1500. The van der Waals surface area contributed by atoms with Crippen molar-refractivity contribution < 1.29 is 14.0 Å². The molecule has 6 rings (SSSR count). The normalized spacial score (nSPS) is 18.7. The monoisotopic (exact) mass is 559 g/mol. The molecular weight excluding hydrogens is 529 g/mol. The van der Waals surface area contributed by atoms with E-state index in [9.17, 15) is 14.0 Å². The van der Waals surface area contributed by atoms with Gasteiger partial charge in [0.2, 0.25) is 11.9 Å². The minimum atomic E-state index is -0.549. The first-order valence-electron chi connectivity index (χ1n) is 13.4. The van der Waals surface area contributed by atoms with Gasteiger partial charge < -0.3 is 20.1 Å². The molecule has 2 fully saturated rings. The molecule has 9 nitrogen and oxygen atoms in total. The van der Waals surface area contributed by atoms with Crippen LogP contribution in [0, 0.1) is 11.9 Å². The first kappa shape index (κ1) is 26.1. The van der Waals surface area contributed by atoms with Gasteiger partial charge in [0.25, 0.3) is 5.91 Å². The van der Waals surface area contributed by atoms with Crippen LogP contribution in [0.1, 0.15) is 47.1 Å². The molecule has 4 aromatic rings. The predicted octanol–water partition coefficient (Wildman–Crippen LogP) is 4.67. The van der Waals surface area contributed by atoms with Gasteiger partial charge in [0, 0.05) is 48.8 Å². The SMILES string of the molecule is O=C(Nc1nc([C@H]2CCCN2c2ccc(NC(=O)C3CCNC3)cc2)cs1)c1cccn1Cc1ccnc(F)c1. The van der Waals surface area contributed by atoms with E-state index in [-0.39, 0.29) is 23.8 Å². The fraction of sp³-hybridized carbons (Fsp3) is 0.310. The summed E-state index contributed by atoms with van der Waals surface area (Å²) >= 11 is 1.40. The molecule has 206 valence electrons. The number of aromatic nitrogens is 3. The van der Waals surface area contributed by atoms with Crippen molar-refractivity contribution in [3.8, 4) is 0 Å². The summed E-state index contributed by atoms with van der Waals surface area (Å²) in [5, 5.41) is 11.7. The molecule has 5 heterocycles. The molecule has 3 aromatic heterocycles. The number of thiazole rings is 1. The molecule has 2 atom stereocenters. The Balaban J connectivity index is 1.10. The average Bonchev–Trinajstić information content (AvgIpc) is 3.77. The molecule has 11 heteroatoms. The predicted molar refractivity (Wildman–Crippen MR) is 153 cm³/mol. The van der Waals surface area contributed by atoms with E-state index in [1.165, 1.54) is 23.6 Å². The number of hydrogen-bond acceptors (Lipinski definition) is 7. The van der Waals surface area contributed by atoms with E-state index < -0.39 is 5.95 Å². The third-order valence-corrected chi connectivity index (χ3v) is 8.22. The lowest BCUT2D eigenvalue weighted by molar-refractivity contribution is -0.119. The number of nitrogens with zero attached hydrogens (tertiary/aromatic N) is 4. The molecule has 3 N–H and O–H groups in total. The highest BCUT2D eigenvalue weighted by Gasteiger charge is 2.29. The van der Waals surface area contributed by atoms with Crippen molar-refractivity contribution in [2.24, 2.45) is 5.92 Å². The fourth-order valence-corrected chi connectivity index (χ4v) is 6.15. The maximum absolute atomic E-state index is 13.5. The molecule has 1 aromatic carbocycles. The fourth-order valence-electron chi connectivity index (χ4n) is 5.40. The summed E-state index contributed by atoms with van der Waals surface area (Å²) < 4.78 is 15.3. The second-order valence-electron chi connectivity index (χ2n) is 10.1. The second-order valence-corrected chi connectivity index (χ2v) is 11.0. The smallest absolute Gasteiger partial charge is 0.274 e. The number of halogens is 1. The third kappa shape index (κ3) is 5.75. The van der Waals surface area contributed by atoms with Gasteiger partial charge in [-0.25, -0.2) is 9.97 Å². The van der Waals surface area contributed by atoms with Gasteiger partial charge in [-0.2, -0.15) is 4.39 Å². The lowest BCUT2D eigenvalue weighted by atomic mass is 10.1. The van der Waals surface area contributed by atoms with Crippen LogP contribution in [0.4, 0.5) is 20.9 Å². The van der Waals surface area contributed by atoms with Crippen molar-refractivity contribution in [3.05, 3.63) is 89.2 Å². The van der Waals surface area contributed by atoms with Crippen molar-refractivity contribution in [3.63, 3.8) is 0 Å². The topological polar surface area (TPSA) is 104 Å². The number of carbonyl (C=O) groups is 2. The summed E-state index contributed by atoms with van der Waals surface area (Å²) in [6, 6.07) is 14.7. The van der Waals surface area contributed by atoms with Crippen molar-refractivity contribution in [2.75, 3.05) is 35.2 Å². The number of benzene rings is 1. The van der Waals surface area contributed by atoms with Gasteiger partial charge >= 0.3 is 0 Å². The number of carbonyl (C=O) groups excluding carboxylic acids is 2. The molecule has 0 spiro atoms. The number of amides is 2. The van der Waals surface area contributed by atoms with E-state index in [1.54, 1.807) is 29.0 Å². The van der Waals surface area contributed by atoms with Gasteiger partial charge in [-0.15, -0.1) is 11.3 Å². The van der Waals surface area contributed by atoms with Crippen LogP contribution in [-0.2, 0) is 11.3 Å². The first-order valence-corrected chi connectivity index (χ1v) is 14.3. The van der Waals surface area contributed by atoms with Crippen LogP contribution in [0.25, 0.3) is 0 Å². The number of hydrogen-bond donors (Lipinski definition) is 3. The van der Waals surface area contributed by atoms with E-state index in [0.29, 0.717) is 17.4 Å². The minimum absolute atomic E-state index is 0.0253. The largest absolute Gasteiger partial charge is 0.363 e. The Morgan fingerprint density at radius 1 is 1.12 bits per heavy atom. The molecule has 2 saturated heterocycles. The average molecular weight is 560 g/mol. The zero-order valence-electron chi connectivity index (χ0n) is 21.8. The van der Waals surface area contributed by atoms with Crippen LogP contribution < -0.4 is 20.9 Å². The Kier molecular flexibility index (Phi) is 7.56. The number of pyridine rings is 1. The van der Waals surface area contributed by atoms with Crippen LogP contribution in [0.15, 0.2) is 66.3 Å². The van der Waals surface area contributed by atoms with Crippen LogP contribution in [0.5, 0.6) is 0 Å². The van der Waals surface area contributed by atoms with Crippen LogP contribution in [0.3, 0.4) is 0 Å². The van der Waals surface area contributed by atoms with Gasteiger partial charge in [0.15, 0.2) is 5.13 Å². The molecule has 2 amide bonds. The van der Waals surface area contributed by atoms with Gasteiger partial charge in [-0.1, -0.05) is 0 Å². The van der Waals surface area contributed by atoms with Crippen molar-refractivity contribution in [1.82, 2.24) is 19.9 Å². The standard InChI is InChI=1S/C29H30FN7O2S/c30-26-15-19(9-12-32-26)17-36-13-1-4-25(36)28(39)35-29-34-23(18-40-29)24-3-2-14-37(24)22-7-5-21(6-8-22)33-27(38)20-10-11-31-16-20/h1,4-9,12-13,15,18,20,24,31H,2-3,10-11,14,16-17H2,(H,33,38)(H,34,35,39)/t20?,24-/m1/s1. The molecule has 2 aliphatic rings. The Morgan fingerprint density at radius 3 is 2.80 bits per heavy atom. The van der Waals surface area contributed by atoms with Crippen molar-refractivity contribution >= 4 is 39.7 Å². The maximum Gasteiger partial charge on any atom is 0.274 e. The molecule has 40 heavy (non-hydrogen) atoms. The van der Waals surface area contributed by atoms with Gasteiger partial charge in [-0.3, -0.25) is 14.9 Å². The number of nitrogens with one attached hydrogen (secondary N) is 3. The molecule has 0 radical (unpaired) electrons. The molecular formula is C29H30FN7O2S. The lowest BCUT2D eigenvalue weighted by Gasteiger charge is -2.26. The molecule has 0 aliphatic carbocycles. The van der Waals surface area contributed by atoms with E-state index in [0.717, 1.165) is 61.5 Å². The number of anilines is 3. The quantitative estimate of drug-likeness (QED) is 0.271. The molecule has 0 saturated carbocycles. The zero-order chi connectivity index (χ0) is 27.5. The lowest BCUT2D eigenvalue weighted by Crippen LogP contribution is -2.25. The number of rotatable bonds is 8. The van der Waals surface area contributed by atoms with Crippen LogP contribution >= 0.6 is 11.3 Å². The summed E-state index contributed by atoms with van der Waals surface area (Å²) in [5.41, 5.74) is 3.98. The first-order chi connectivity index (χ1) is 19.5. The van der Waals surface area contributed by atoms with Crippen molar-refractivity contribution in [1.29, 1.82) is 0 Å². The highest BCUT2D eigenvalue weighted by atomic mass is 32.1. The van der Waals surface area contributed by atoms with E-state index in [1.807, 2.05) is 29.6 Å². The maximum atomic E-state index is 13.5. The minimum Gasteiger partial charge on any atom is -0.363 e. The van der Waals surface area contributed by atoms with Crippen LogP contribution in [-0.4, -0.2) is 46.0 Å². The van der Waals surface area contributed by atoms with E-state index in [2.05, 4.69) is 25.8 Å². The summed E-state index contributed by atoms with van der Waals surface area (Å²) in [6.45, 7) is 2.88. The Morgan fingerprint density at radius 2 is 2.00 bits per heavy atom. The molecule has 0 bridgehead atoms. The van der Waals surface area contributed by atoms with Gasteiger partial charge in [0.1, 0.15) is 5.69 Å². The van der Waals surface area contributed by atoms with E-state index in [4.69, 9.17) is 4.98 Å². The van der Waals surface area contributed by atoms with Crippen molar-refractivity contribution in [2.45, 2.75) is 31.8 Å². The Hall–Kier alpha value is -4.09. The summed E-state index contributed by atoms with van der Waals surface area (Å²) in [7, 11) is 0. The second kappa shape index (κ2) is 11.6. The van der Waals surface area contributed by atoms with Gasteiger partial charge in [-0.05, 0) is 79.9 Å². The molecule has 2 aliphatic heterocycles. The highest BCUT2D eigenvalue weighted by molar-refractivity contribution is 7.14.